The second-order valence-corrected chi connectivity index (χ2v) is 7.18. The number of sulfonamides is 1. The highest BCUT2D eigenvalue weighted by atomic mass is 79.9. The quantitative estimate of drug-likeness (QED) is 0.910. The van der Waals surface area contributed by atoms with Gasteiger partial charge in [-0.3, -0.25) is 0 Å². The van der Waals surface area contributed by atoms with Crippen molar-refractivity contribution in [3.8, 4) is 0 Å². The van der Waals surface area contributed by atoms with Crippen molar-refractivity contribution in [1.82, 2.24) is 4.31 Å². The van der Waals surface area contributed by atoms with Gasteiger partial charge >= 0.3 is 5.97 Å². The summed E-state index contributed by atoms with van der Waals surface area (Å²) in [4.78, 5) is 11.0. The molecule has 1 aromatic carbocycles. The first-order valence-corrected chi connectivity index (χ1v) is 8.19. The molecule has 1 saturated heterocycles. The van der Waals surface area contributed by atoms with Crippen molar-refractivity contribution in [3.63, 3.8) is 0 Å². The van der Waals surface area contributed by atoms with Crippen LogP contribution in [0.25, 0.3) is 0 Å². The van der Waals surface area contributed by atoms with Gasteiger partial charge in [-0.25, -0.2) is 13.2 Å². The average molecular weight is 348 g/mol. The minimum absolute atomic E-state index is 0.0225. The van der Waals surface area contributed by atoms with E-state index in [2.05, 4.69) is 15.9 Å². The molecule has 0 saturated carbocycles. The maximum atomic E-state index is 12.5. The molecule has 0 radical (unpaired) electrons. The van der Waals surface area contributed by atoms with Crippen molar-refractivity contribution in [1.29, 1.82) is 0 Å². The number of halogens is 1. The van der Waals surface area contributed by atoms with E-state index in [1.165, 1.54) is 22.5 Å². The number of nitrogens with zero attached hydrogens (tertiary/aromatic N) is 1. The molecule has 0 atom stereocenters. The number of benzene rings is 1. The Morgan fingerprint density at radius 1 is 1.21 bits per heavy atom. The minimum atomic E-state index is -3.63. The first kappa shape index (κ1) is 14.5. The Hall–Kier alpha value is -0.920. The lowest BCUT2D eigenvalue weighted by atomic mass is 10.2. The van der Waals surface area contributed by atoms with E-state index in [1.807, 2.05) is 0 Å². The Balaban J connectivity index is 2.44. The van der Waals surface area contributed by atoms with Crippen LogP contribution in [-0.4, -0.2) is 36.9 Å². The molecule has 1 heterocycles. The van der Waals surface area contributed by atoms with Crippen LogP contribution in [0, 0.1) is 0 Å². The fourth-order valence-corrected chi connectivity index (χ4v) is 4.55. The molecular weight excluding hydrogens is 334 g/mol. The fourth-order valence-electron chi connectivity index (χ4n) is 2.08. The molecule has 0 amide bonds. The Bertz CT molecular complexity index is 594. The Labute approximate surface area is 120 Å². The van der Waals surface area contributed by atoms with Crippen LogP contribution in [0.2, 0.25) is 0 Å². The largest absolute Gasteiger partial charge is 0.478 e. The number of aromatic carboxylic acids is 1. The lowest BCUT2D eigenvalue weighted by Gasteiger charge is -2.26. The SMILES string of the molecule is O=C(O)c1ccc(Br)c(S(=O)(=O)N2CCCCC2)c1. The number of carbonyl (C=O) groups is 1. The molecule has 0 bridgehead atoms. The number of carboxylic acid groups (broad SMARTS) is 1. The van der Waals surface area contributed by atoms with Gasteiger partial charge in [0.2, 0.25) is 10.0 Å². The van der Waals surface area contributed by atoms with Crippen molar-refractivity contribution < 1.29 is 18.3 Å². The Morgan fingerprint density at radius 3 is 2.42 bits per heavy atom. The third-order valence-electron chi connectivity index (χ3n) is 3.11. The summed E-state index contributed by atoms with van der Waals surface area (Å²) in [5.41, 5.74) is -0.0289. The van der Waals surface area contributed by atoms with E-state index in [-0.39, 0.29) is 10.5 Å². The second kappa shape index (κ2) is 5.60. The molecule has 104 valence electrons. The molecule has 1 aliphatic heterocycles. The standard InChI is InChI=1S/C12H14BrNO4S/c13-10-5-4-9(12(15)16)8-11(10)19(17,18)14-6-2-1-3-7-14/h4-5,8H,1-3,6-7H2,(H,15,16). The molecular formula is C12H14BrNO4S. The molecule has 19 heavy (non-hydrogen) atoms. The van der Waals surface area contributed by atoms with Crippen LogP contribution in [0.3, 0.4) is 0 Å². The predicted molar refractivity (Wildman–Crippen MR) is 73.7 cm³/mol. The van der Waals surface area contributed by atoms with Gasteiger partial charge in [0.25, 0.3) is 0 Å². The van der Waals surface area contributed by atoms with Crippen molar-refractivity contribution in [2.75, 3.05) is 13.1 Å². The summed E-state index contributed by atoms with van der Waals surface area (Å²) in [6.45, 7) is 0.984. The molecule has 1 aliphatic rings. The summed E-state index contributed by atoms with van der Waals surface area (Å²) in [6, 6.07) is 4.04. The predicted octanol–water partition coefficient (Wildman–Crippen LogP) is 2.32. The highest BCUT2D eigenvalue weighted by molar-refractivity contribution is 9.10. The summed E-state index contributed by atoms with van der Waals surface area (Å²) in [7, 11) is -3.63. The lowest BCUT2D eigenvalue weighted by Crippen LogP contribution is -2.35. The van der Waals surface area contributed by atoms with E-state index in [0.717, 1.165) is 19.3 Å². The molecule has 5 nitrogen and oxygen atoms in total. The van der Waals surface area contributed by atoms with Crippen LogP contribution >= 0.6 is 15.9 Å². The fraction of sp³-hybridized carbons (Fsp3) is 0.417. The summed E-state index contributed by atoms with van der Waals surface area (Å²) < 4.78 is 26.8. The van der Waals surface area contributed by atoms with E-state index in [9.17, 15) is 13.2 Å². The zero-order chi connectivity index (χ0) is 14.0. The van der Waals surface area contributed by atoms with Crippen LogP contribution in [0.15, 0.2) is 27.6 Å². The van der Waals surface area contributed by atoms with Gasteiger partial charge in [-0.2, -0.15) is 4.31 Å². The number of hydrogen-bond donors (Lipinski definition) is 1. The van der Waals surface area contributed by atoms with Crippen LogP contribution in [-0.2, 0) is 10.0 Å². The average Bonchev–Trinajstić information content (AvgIpc) is 2.39. The monoisotopic (exact) mass is 347 g/mol. The third kappa shape index (κ3) is 2.98. The summed E-state index contributed by atoms with van der Waals surface area (Å²) in [6.07, 6.45) is 2.72. The van der Waals surface area contributed by atoms with E-state index in [4.69, 9.17) is 5.11 Å². The van der Waals surface area contributed by atoms with Crippen LogP contribution in [0.4, 0.5) is 0 Å². The zero-order valence-electron chi connectivity index (χ0n) is 10.2. The molecule has 1 aromatic rings. The lowest BCUT2D eigenvalue weighted by molar-refractivity contribution is 0.0696. The smallest absolute Gasteiger partial charge is 0.335 e. The van der Waals surface area contributed by atoms with E-state index < -0.39 is 16.0 Å². The summed E-state index contributed by atoms with van der Waals surface area (Å²) >= 11 is 3.18. The van der Waals surface area contributed by atoms with Gasteiger partial charge in [-0.1, -0.05) is 6.42 Å². The zero-order valence-corrected chi connectivity index (χ0v) is 12.6. The Morgan fingerprint density at radius 2 is 1.84 bits per heavy atom. The summed E-state index contributed by atoms with van der Waals surface area (Å²) in [5.74, 6) is -1.14. The van der Waals surface area contributed by atoms with Gasteiger partial charge in [0, 0.05) is 17.6 Å². The first-order chi connectivity index (χ1) is 8.93. The Kier molecular flexibility index (Phi) is 4.27. The molecule has 0 aliphatic carbocycles. The van der Waals surface area contributed by atoms with Gasteiger partial charge in [0.1, 0.15) is 0 Å². The number of rotatable bonds is 3. The number of piperidine rings is 1. The second-order valence-electron chi connectivity index (χ2n) is 4.42. The molecule has 0 aromatic heterocycles. The molecule has 0 unspecified atom stereocenters. The first-order valence-electron chi connectivity index (χ1n) is 5.96. The third-order valence-corrected chi connectivity index (χ3v) is 6.00. The van der Waals surface area contributed by atoms with E-state index >= 15 is 0 Å². The van der Waals surface area contributed by atoms with E-state index in [0.29, 0.717) is 17.6 Å². The highest BCUT2D eigenvalue weighted by Crippen LogP contribution is 2.28. The van der Waals surface area contributed by atoms with Crippen molar-refractivity contribution in [2.45, 2.75) is 24.2 Å². The van der Waals surface area contributed by atoms with Gasteiger partial charge in [0.05, 0.1) is 10.5 Å². The van der Waals surface area contributed by atoms with E-state index in [1.54, 1.807) is 0 Å². The minimum Gasteiger partial charge on any atom is -0.478 e. The number of hydrogen-bond acceptors (Lipinski definition) is 3. The molecule has 0 spiro atoms. The highest BCUT2D eigenvalue weighted by Gasteiger charge is 2.28. The van der Waals surface area contributed by atoms with Crippen LogP contribution in [0.1, 0.15) is 29.6 Å². The molecule has 2 rings (SSSR count). The topological polar surface area (TPSA) is 74.7 Å². The van der Waals surface area contributed by atoms with Crippen molar-refractivity contribution in [2.24, 2.45) is 0 Å². The molecule has 1 N–H and O–H groups in total. The number of carboxylic acids is 1. The van der Waals surface area contributed by atoms with Gasteiger partial charge < -0.3 is 5.11 Å². The van der Waals surface area contributed by atoms with Gasteiger partial charge in [-0.05, 0) is 47.0 Å². The maximum Gasteiger partial charge on any atom is 0.335 e. The van der Waals surface area contributed by atoms with Crippen LogP contribution < -0.4 is 0 Å². The van der Waals surface area contributed by atoms with Gasteiger partial charge in [-0.15, -0.1) is 0 Å². The molecule has 7 heteroatoms. The van der Waals surface area contributed by atoms with Gasteiger partial charge in [0.15, 0.2) is 0 Å². The normalized spacial score (nSPS) is 17.3. The summed E-state index contributed by atoms with van der Waals surface area (Å²) in [5, 5.41) is 8.95. The molecule has 1 fully saturated rings. The van der Waals surface area contributed by atoms with Crippen molar-refractivity contribution in [3.05, 3.63) is 28.2 Å². The van der Waals surface area contributed by atoms with Crippen molar-refractivity contribution >= 4 is 31.9 Å². The maximum absolute atomic E-state index is 12.5. The van der Waals surface area contributed by atoms with Crippen LogP contribution in [0.5, 0.6) is 0 Å².